The summed E-state index contributed by atoms with van der Waals surface area (Å²) >= 11 is 0. The van der Waals surface area contributed by atoms with E-state index in [1.165, 1.54) is 36.4 Å². The van der Waals surface area contributed by atoms with Crippen LogP contribution in [-0.2, 0) is 40.5 Å². The van der Waals surface area contributed by atoms with Crippen LogP contribution in [0.4, 0.5) is 17.1 Å². The van der Waals surface area contributed by atoms with Gasteiger partial charge in [-0.25, -0.2) is 0 Å². The molecule has 1 aliphatic carbocycles. The van der Waals surface area contributed by atoms with Crippen molar-refractivity contribution in [2.75, 3.05) is 16.8 Å². The number of nitrogens with two attached hydrogens (primary N) is 2. The summed E-state index contributed by atoms with van der Waals surface area (Å²) < 4.78 is 133. The summed E-state index contributed by atoms with van der Waals surface area (Å²) in [5, 5.41) is 4.48. The minimum Gasteiger partial charge on any atom is -0.399 e. The zero-order valence-electron chi connectivity index (χ0n) is 24.9. The van der Waals surface area contributed by atoms with Crippen molar-refractivity contribution in [3.8, 4) is 0 Å². The van der Waals surface area contributed by atoms with Gasteiger partial charge in [0.2, 0.25) is 0 Å². The predicted octanol–water partition coefficient (Wildman–Crippen LogP) is 1.58. The quantitative estimate of drug-likeness (QED) is 0.107. The maximum Gasteiger partial charge on any atom is 0.295 e. The number of nitrogen functional groups attached to an aromatic ring is 2. The molecule has 1 aliphatic rings. The summed E-state index contributed by atoms with van der Waals surface area (Å²) in [5.41, 5.74) is 9.56. The van der Waals surface area contributed by atoms with E-state index in [0.29, 0.717) is 6.08 Å². The van der Waals surface area contributed by atoms with Crippen LogP contribution >= 0.6 is 0 Å². The molecule has 10 N–H and O–H groups in total. The van der Waals surface area contributed by atoms with Crippen molar-refractivity contribution in [3.05, 3.63) is 107 Å². The molecule has 0 fully saturated rings. The average Bonchev–Trinajstić information content (AvgIpc) is 2.98. The highest BCUT2D eigenvalue weighted by Crippen LogP contribution is 2.39. The highest BCUT2D eigenvalue weighted by atomic mass is 32.3. The highest BCUT2D eigenvalue weighted by molar-refractivity contribution is 8.05. The number of carbonyl (C=O) groups is 2. The molecule has 1 unspecified atom stereocenters. The summed E-state index contributed by atoms with van der Waals surface area (Å²) in [6.07, 6.45) is 4.39. The van der Waals surface area contributed by atoms with Crippen LogP contribution in [0.1, 0.15) is 26.3 Å². The molecule has 18 nitrogen and oxygen atoms in total. The van der Waals surface area contributed by atoms with Crippen LogP contribution in [0.2, 0.25) is 0 Å². The molecular formula is C28H26N4O14S4. The van der Waals surface area contributed by atoms with Crippen LogP contribution in [-0.4, -0.2) is 67.8 Å². The number of rotatable bonds is 10. The van der Waals surface area contributed by atoms with E-state index in [1.807, 2.05) is 0 Å². The maximum atomic E-state index is 12.9. The number of hydrogen-bond acceptors (Lipinski definition) is 12. The van der Waals surface area contributed by atoms with Gasteiger partial charge in [-0.05, 0) is 66.2 Å². The Balaban J connectivity index is 1.63. The first-order valence-corrected chi connectivity index (χ1v) is 19.2. The van der Waals surface area contributed by atoms with Gasteiger partial charge in [-0.1, -0.05) is 30.4 Å². The molecule has 50 heavy (non-hydrogen) atoms. The van der Waals surface area contributed by atoms with Crippen molar-refractivity contribution < 1.29 is 61.5 Å². The summed E-state index contributed by atoms with van der Waals surface area (Å²) in [6.45, 7) is 0. The standard InChI is InChI=1S/C28H26N4O14S4/c29-18-6-11-22(24(13-18)47(35,36)37)26(33)31-20-8-2-16(3-9-20)1-4-17-5-10-21(15-28(17,49(41,42)43)50(44,45)46)32-27(34)23-12-7-19(30)14-25(23)48(38,39)40/h1-15,17H,29-30H2,(H,31,33)(H,32,34)(H,35,36,37)(H,38,39,40)(H,41,42,43)(H,44,45,46). The van der Waals surface area contributed by atoms with Gasteiger partial charge in [0.15, 0.2) is 0 Å². The molecule has 266 valence electrons. The van der Waals surface area contributed by atoms with Crippen LogP contribution in [0, 0.1) is 5.92 Å². The Bertz CT molecular complexity index is 2410. The molecule has 0 spiro atoms. The van der Waals surface area contributed by atoms with Gasteiger partial charge in [0.05, 0.1) is 11.1 Å². The number of carbonyl (C=O) groups excluding carboxylic acids is 2. The Kier molecular flexibility index (Phi) is 10.2. The van der Waals surface area contributed by atoms with E-state index in [0.717, 1.165) is 48.6 Å². The number of benzene rings is 3. The summed E-state index contributed by atoms with van der Waals surface area (Å²) in [5.74, 6) is -4.05. The number of allylic oxidation sites excluding steroid dienone is 3. The van der Waals surface area contributed by atoms with Crippen molar-refractivity contribution in [2.24, 2.45) is 5.92 Å². The van der Waals surface area contributed by atoms with E-state index in [1.54, 1.807) is 0 Å². The fraction of sp³-hybridized carbons (Fsp3) is 0.0714. The van der Waals surface area contributed by atoms with Gasteiger partial charge in [0, 0.05) is 28.7 Å². The minimum absolute atomic E-state index is 0.0333. The number of hydrogen-bond donors (Lipinski definition) is 8. The van der Waals surface area contributed by atoms with E-state index in [2.05, 4.69) is 10.6 Å². The average molecular weight is 771 g/mol. The van der Waals surface area contributed by atoms with Gasteiger partial charge in [-0.15, -0.1) is 0 Å². The Morgan fingerprint density at radius 2 is 1.14 bits per heavy atom. The second-order valence-electron chi connectivity index (χ2n) is 10.5. The van der Waals surface area contributed by atoms with Crippen molar-refractivity contribution in [1.29, 1.82) is 0 Å². The normalized spacial score (nSPS) is 16.5. The smallest absolute Gasteiger partial charge is 0.295 e. The van der Waals surface area contributed by atoms with Gasteiger partial charge in [0.25, 0.3) is 56.4 Å². The lowest BCUT2D eigenvalue weighted by atomic mass is 9.96. The summed E-state index contributed by atoms with van der Waals surface area (Å²) in [4.78, 5) is 24.0. The SMILES string of the molecule is Nc1ccc(C(=O)NC2=CC(S(=O)(=O)O)(S(=O)(=O)O)C(C=Cc3ccc(NC(=O)c4ccc(N)cc4S(=O)(=O)O)cc3)C=C2)c(S(=O)(=O)O)c1. The van der Waals surface area contributed by atoms with Crippen LogP contribution in [0.3, 0.4) is 0 Å². The molecule has 2 amide bonds. The van der Waals surface area contributed by atoms with E-state index in [-0.39, 0.29) is 22.6 Å². The van der Waals surface area contributed by atoms with Gasteiger partial charge in [-0.2, -0.15) is 33.7 Å². The first-order chi connectivity index (χ1) is 22.9. The molecule has 0 bridgehead atoms. The number of amides is 2. The molecule has 0 heterocycles. The lowest BCUT2D eigenvalue weighted by Gasteiger charge is -2.32. The molecule has 22 heteroatoms. The molecule has 3 aromatic rings. The fourth-order valence-corrected chi connectivity index (χ4v) is 8.84. The molecule has 3 aromatic carbocycles. The first kappa shape index (κ1) is 37.9. The highest BCUT2D eigenvalue weighted by Gasteiger charge is 2.58. The van der Waals surface area contributed by atoms with Crippen LogP contribution in [0.25, 0.3) is 6.08 Å². The molecule has 0 aliphatic heterocycles. The molecule has 0 aromatic heterocycles. The van der Waals surface area contributed by atoms with Crippen molar-refractivity contribution in [3.63, 3.8) is 0 Å². The lowest BCUT2D eigenvalue weighted by molar-refractivity contribution is 0.0962. The van der Waals surface area contributed by atoms with Gasteiger partial charge >= 0.3 is 0 Å². The van der Waals surface area contributed by atoms with E-state index < -0.39 is 88.9 Å². The topological polar surface area (TPSA) is 328 Å². The van der Waals surface area contributed by atoms with Gasteiger partial charge < -0.3 is 22.1 Å². The van der Waals surface area contributed by atoms with Crippen molar-refractivity contribution in [1.82, 2.24) is 5.32 Å². The molecule has 4 rings (SSSR count). The first-order valence-electron chi connectivity index (χ1n) is 13.4. The largest absolute Gasteiger partial charge is 0.399 e. The predicted molar refractivity (Wildman–Crippen MR) is 179 cm³/mol. The summed E-state index contributed by atoms with van der Waals surface area (Å²) in [6, 6.07) is 11.4. The van der Waals surface area contributed by atoms with Crippen molar-refractivity contribution in [2.45, 2.75) is 13.9 Å². The molecular weight excluding hydrogens is 745 g/mol. The van der Waals surface area contributed by atoms with E-state index in [9.17, 15) is 61.5 Å². The second-order valence-corrected chi connectivity index (χ2v) is 16.8. The third kappa shape index (κ3) is 7.92. The molecule has 0 radical (unpaired) electrons. The Labute approximate surface area is 285 Å². The third-order valence-corrected chi connectivity index (χ3v) is 12.5. The van der Waals surface area contributed by atoms with E-state index in [4.69, 9.17) is 11.5 Å². The Morgan fingerprint density at radius 3 is 1.58 bits per heavy atom. The van der Waals surface area contributed by atoms with Crippen LogP contribution in [0.15, 0.2) is 100 Å². The van der Waals surface area contributed by atoms with Crippen LogP contribution in [0.5, 0.6) is 0 Å². The zero-order valence-corrected chi connectivity index (χ0v) is 28.2. The Morgan fingerprint density at radius 1 is 0.680 bits per heavy atom. The minimum atomic E-state index is -5.77. The lowest BCUT2D eigenvalue weighted by Crippen LogP contribution is -2.51. The zero-order chi connectivity index (χ0) is 37.4. The van der Waals surface area contributed by atoms with Gasteiger partial charge in [0.1, 0.15) is 9.79 Å². The molecule has 0 saturated heterocycles. The Hall–Kier alpha value is -4.94. The van der Waals surface area contributed by atoms with Gasteiger partial charge in [-0.3, -0.25) is 27.8 Å². The summed E-state index contributed by atoms with van der Waals surface area (Å²) in [7, 11) is -21.4. The molecule has 1 atom stereocenters. The van der Waals surface area contributed by atoms with E-state index >= 15 is 0 Å². The fourth-order valence-electron chi connectivity index (χ4n) is 4.77. The number of anilines is 3. The van der Waals surface area contributed by atoms with Crippen molar-refractivity contribution >= 4 is 75.4 Å². The maximum absolute atomic E-state index is 12.9. The molecule has 0 saturated carbocycles. The monoisotopic (exact) mass is 770 g/mol. The number of nitrogens with one attached hydrogen (secondary N) is 2. The third-order valence-electron chi connectivity index (χ3n) is 7.09. The second kappa shape index (κ2) is 13.4. The van der Waals surface area contributed by atoms with Crippen LogP contribution < -0.4 is 22.1 Å².